The number of likely N-dealkylation sites (tertiary alicyclic amines) is 1. The van der Waals surface area contributed by atoms with E-state index in [1.54, 1.807) is 6.20 Å². The van der Waals surface area contributed by atoms with Crippen molar-refractivity contribution in [2.75, 3.05) is 6.54 Å². The monoisotopic (exact) mass is 334 g/mol. The summed E-state index contributed by atoms with van der Waals surface area (Å²) in [5, 5.41) is 0. The number of aromatic nitrogens is 3. The number of carbonyl (C=O) groups is 1. The maximum Gasteiger partial charge on any atom is 0.223 e. The van der Waals surface area contributed by atoms with Crippen LogP contribution in [0.25, 0.3) is 11.0 Å². The average Bonchev–Trinajstić information content (AvgIpc) is 3.10. The SMILES string of the molecule is O=C(CCc1nc2ccccc2[nH]1)N1CCCC[C@@H]1c1ccccn1. The molecular formula is C20H22N4O. The van der Waals surface area contributed by atoms with Gasteiger partial charge in [0.1, 0.15) is 5.82 Å². The van der Waals surface area contributed by atoms with Crippen molar-refractivity contribution in [3.8, 4) is 0 Å². The summed E-state index contributed by atoms with van der Waals surface area (Å²) in [7, 11) is 0. The van der Waals surface area contributed by atoms with Crippen molar-refractivity contribution in [3.05, 3.63) is 60.2 Å². The van der Waals surface area contributed by atoms with E-state index in [0.29, 0.717) is 12.8 Å². The molecule has 3 heterocycles. The van der Waals surface area contributed by atoms with Crippen molar-refractivity contribution in [3.63, 3.8) is 0 Å². The van der Waals surface area contributed by atoms with Gasteiger partial charge < -0.3 is 9.88 Å². The summed E-state index contributed by atoms with van der Waals surface area (Å²) >= 11 is 0. The minimum Gasteiger partial charge on any atom is -0.342 e. The first kappa shape index (κ1) is 15.8. The highest BCUT2D eigenvalue weighted by molar-refractivity contribution is 5.78. The molecule has 1 aliphatic heterocycles. The second-order valence-electron chi connectivity index (χ2n) is 6.55. The van der Waals surface area contributed by atoms with Crippen molar-refractivity contribution in [1.29, 1.82) is 0 Å². The number of aryl methyl sites for hydroxylation is 1. The fraction of sp³-hybridized carbons (Fsp3) is 0.350. The average molecular weight is 334 g/mol. The van der Waals surface area contributed by atoms with E-state index < -0.39 is 0 Å². The van der Waals surface area contributed by atoms with Gasteiger partial charge in [-0.05, 0) is 43.5 Å². The lowest BCUT2D eigenvalue weighted by Gasteiger charge is -2.35. The van der Waals surface area contributed by atoms with E-state index in [1.807, 2.05) is 47.4 Å². The first-order valence-corrected chi connectivity index (χ1v) is 8.95. The number of aromatic amines is 1. The highest BCUT2D eigenvalue weighted by Crippen LogP contribution is 2.30. The third-order valence-electron chi connectivity index (χ3n) is 4.87. The molecule has 4 rings (SSSR count). The third-order valence-corrected chi connectivity index (χ3v) is 4.87. The zero-order valence-corrected chi connectivity index (χ0v) is 14.2. The predicted molar refractivity (Wildman–Crippen MR) is 97.0 cm³/mol. The van der Waals surface area contributed by atoms with Crippen LogP contribution < -0.4 is 0 Å². The number of piperidine rings is 1. The second kappa shape index (κ2) is 7.05. The van der Waals surface area contributed by atoms with Gasteiger partial charge in [-0.1, -0.05) is 18.2 Å². The van der Waals surface area contributed by atoms with Crippen molar-refractivity contribution >= 4 is 16.9 Å². The zero-order chi connectivity index (χ0) is 17.1. The van der Waals surface area contributed by atoms with Gasteiger partial charge in [-0.25, -0.2) is 4.98 Å². The topological polar surface area (TPSA) is 61.9 Å². The molecule has 5 heteroatoms. The minimum absolute atomic E-state index is 0.109. The summed E-state index contributed by atoms with van der Waals surface area (Å²) in [5.41, 5.74) is 2.97. The zero-order valence-electron chi connectivity index (χ0n) is 14.2. The maximum atomic E-state index is 12.8. The van der Waals surface area contributed by atoms with Gasteiger partial charge in [-0.15, -0.1) is 0 Å². The Bertz CT molecular complexity index is 825. The molecule has 0 saturated carbocycles. The van der Waals surface area contributed by atoms with Gasteiger partial charge in [0.05, 0.1) is 22.8 Å². The Kier molecular flexibility index (Phi) is 4.46. The standard InChI is InChI=1S/C20H22N4O/c25-20(12-11-19-22-15-7-1-2-8-16(15)23-19)24-14-6-4-10-18(24)17-9-3-5-13-21-17/h1-3,5,7-9,13,18H,4,6,10-12,14H2,(H,22,23)/t18-/m1/s1. The number of H-pyrrole nitrogens is 1. The quantitative estimate of drug-likeness (QED) is 0.792. The first-order valence-electron chi connectivity index (χ1n) is 8.95. The van der Waals surface area contributed by atoms with E-state index in [0.717, 1.165) is 48.4 Å². The molecule has 1 atom stereocenters. The molecule has 25 heavy (non-hydrogen) atoms. The number of amides is 1. The van der Waals surface area contributed by atoms with E-state index in [4.69, 9.17) is 0 Å². The summed E-state index contributed by atoms with van der Waals surface area (Å²) in [6.45, 7) is 0.820. The van der Waals surface area contributed by atoms with Crippen LogP contribution in [0.4, 0.5) is 0 Å². The molecule has 1 fully saturated rings. The molecule has 0 unspecified atom stereocenters. The number of para-hydroxylation sites is 2. The number of carbonyl (C=O) groups excluding carboxylic acids is 1. The molecule has 2 aromatic heterocycles. The van der Waals surface area contributed by atoms with Crippen LogP contribution in [-0.2, 0) is 11.2 Å². The number of nitrogens with one attached hydrogen (secondary N) is 1. The molecule has 3 aromatic rings. The van der Waals surface area contributed by atoms with E-state index >= 15 is 0 Å². The van der Waals surface area contributed by atoms with E-state index in [9.17, 15) is 4.79 Å². The van der Waals surface area contributed by atoms with Crippen LogP contribution in [0, 0.1) is 0 Å². The summed E-state index contributed by atoms with van der Waals surface area (Å²) in [5.74, 6) is 1.07. The molecule has 128 valence electrons. The number of fused-ring (bicyclic) bond motifs is 1. The molecule has 1 N–H and O–H groups in total. The number of rotatable bonds is 4. The van der Waals surface area contributed by atoms with Crippen LogP contribution in [0.1, 0.15) is 43.2 Å². The molecule has 0 bridgehead atoms. The fourth-order valence-electron chi connectivity index (χ4n) is 3.60. The highest BCUT2D eigenvalue weighted by atomic mass is 16.2. The van der Waals surface area contributed by atoms with E-state index in [-0.39, 0.29) is 11.9 Å². The van der Waals surface area contributed by atoms with Crippen LogP contribution in [0.15, 0.2) is 48.7 Å². The Morgan fingerprint density at radius 3 is 2.88 bits per heavy atom. The molecule has 5 nitrogen and oxygen atoms in total. The highest BCUT2D eigenvalue weighted by Gasteiger charge is 2.28. The molecule has 0 aliphatic carbocycles. The number of pyridine rings is 1. The second-order valence-corrected chi connectivity index (χ2v) is 6.55. The number of nitrogens with zero attached hydrogens (tertiary/aromatic N) is 3. The van der Waals surface area contributed by atoms with Crippen molar-refractivity contribution in [1.82, 2.24) is 19.9 Å². The Balaban J connectivity index is 1.45. The number of benzene rings is 1. The lowest BCUT2D eigenvalue weighted by atomic mass is 9.98. The predicted octanol–water partition coefficient (Wildman–Crippen LogP) is 3.64. The molecular weight excluding hydrogens is 312 g/mol. The Labute approximate surface area is 147 Å². The van der Waals surface area contributed by atoms with Crippen LogP contribution in [-0.4, -0.2) is 32.3 Å². The Hall–Kier alpha value is -2.69. The van der Waals surface area contributed by atoms with E-state index in [1.165, 1.54) is 0 Å². The maximum absolute atomic E-state index is 12.8. The molecule has 1 amide bonds. The van der Waals surface area contributed by atoms with Gasteiger partial charge >= 0.3 is 0 Å². The molecule has 0 spiro atoms. The van der Waals surface area contributed by atoms with Crippen molar-refractivity contribution in [2.24, 2.45) is 0 Å². The molecule has 1 saturated heterocycles. The normalized spacial score (nSPS) is 17.8. The van der Waals surface area contributed by atoms with Crippen LogP contribution >= 0.6 is 0 Å². The van der Waals surface area contributed by atoms with Gasteiger partial charge in [0.2, 0.25) is 5.91 Å². The van der Waals surface area contributed by atoms with Crippen LogP contribution in [0.5, 0.6) is 0 Å². The van der Waals surface area contributed by atoms with Gasteiger partial charge in [0.25, 0.3) is 0 Å². The van der Waals surface area contributed by atoms with Gasteiger partial charge in [-0.3, -0.25) is 9.78 Å². The summed E-state index contributed by atoms with van der Waals surface area (Å²) in [6, 6.07) is 14.0. The summed E-state index contributed by atoms with van der Waals surface area (Å²) < 4.78 is 0. The molecule has 1 aliphatic rings. The minimum atomic E-state index is 0.109. The number of hydrogen-bond donors (Lipinski definition) is 1. The number of imidazole rings is 1. The fourth-order valence-corrected chi connectivity index (χ4v) is 3.60. The van der Waals surface area contributed by atoms with Gasteiger partial charge in [0.15, 0.2) is 0 Å². The molecule has 1 aromatic carbocycles. The van der Waals surface area contributed by atoms with Gasteiger partial charge in [0, 0.05) is 25.6 Å². The summed E-state index contributed by atoms with van der Waals surface area (Å²) in [4.78, 5) is 27.2. The lowest BCUT2D eigenvalue weighted by Crippen LogP contribution is -2.39. The van der Waals surface area contributed by atoms with E-state index in [2.05, 4.69) is 15.0 Å². The largest absolute Gasteiger partial charge is 0.342 e. The Morgan fingerprint density at radius 1 is 1.16 bits per heavy atom. The van der Waals surface area contributed by atoms with Crippen LogP contribution in [0.2, 0.25) is 0 Å². The van der Waals surface area contributed by atoms with Gasteiger partial charge in [-0.2, -0.15) is 0 Å². The van der Waals surface area contributed by atoms with Crippen molar-refractivity contribution in [2.45, 2.75) is 38.1 Å². The number of hydrogen-bond acceptors (Lipinski definition) is 3. The third kappa shape index (κ3) is 3.40. The smallest absolute Gasteiger partial charge is 0.223 e. The first-order chi connectivity index (χ1) is 12.3. The van der Waals surface area contributed by atoms with Crippen molar-refractivity contribution < 1.29 is 4.79 Å². The van der Waals surface area contributed by atoms with Crippen LogP contribution in [0.3, 0.4) is 0 Å². The summed E-state index contributed by atoms with van der Waals surface area (Å²) in [6.07, 6.45) is 6.13. The lowest BCUT2D eigenvalue weighted by molar-refractivity contribution is -0.135. The molecule has 0 radical (unpaired) electrons. The Morgan fingerprint density at radius 2 is 2.04 bits per heavy atom.